The lowest BCUT2D eigenvalue weighted by Gasteiger charge is -2.09. The summed E-state index contributed by atoms with van der Waals surface area (Å²) in [4.78, 5) is 16.4. The van der Waals surface area contributed by atoms with E-state index in [1.807, 2.05) is 0 Å². The van der Waals surface area contributed by atoms with Gasteiger partial charge in [-0.2, -0.15) is 0 Å². The van der Waals surface area contributed by atoms with Crippen LogP contribution in [0.15, 0.2) is 66.9 Å². The number of pyridine rings is 1. The number of hydrogen-bond acceptors (Lipinski definition) is 3. The van der Waals surface area contributed by atoms with E-state index in [1.54, 1.807) is 48.5 Å². The number of nitrogens with one attached hydrogen (secondary N) is 2. The van der Waals surface area contributed by atoms with Gasteiger partial charge in [0.1, 0.15) is 11.5 Å². The first-order valence-corrected chi connectivity index (χ1v) is 7.54. The van der Waals surface area contributed by atoms with Crippen LogP contribution in [0.2, 0.25) is 5.02 Å². The zero-order valence-corrected chi connectivity index (χ0v) is 13.2. The Labute approximate surface area is 143 Å². The number of carbonyl (C=O) groups is 1. The molecule has 0 aliphatic carbocycles. The highest BCUT2D eigenvalue weighted by molar-refractivity contribution is 6.33. The van der Waals surface area contributed by atoms with Crippen LogP contribution in [-0.2, 0) is 0 Å². The third kappa shape index (κ3) is 3.88. The second-order valence-electron chi connectivity index (χ2n) is 5.00. The van der Waals surface area contributed by atoms with Gasteiger partial charge in [0, 0.05) is 17.6 Å². The van der Waals surface area contributed by atoms with Gasteiger partial charge in [-0.15, -0.1) is 0 Å². The van der Waals surface area contributed by atoms with Crippen molar-refractivity contribution in [2.24, 2.45) is 0 Å². The van der Waals surface area contributed by atoms with Crippen molar-refractivity contribution >= 4 is 34.6 Å². The summed E-state index contributed by atoms with van der Waals surface area (Å²) in [5, 5.41) is 6.25. The smallest absolute Gasteiger partial charge is 0.274 e. The van der Waals surface area contributed by atoms with E-state index in [2.05, 4.69) is 15.6 Å². The number of rotatable bonds is 4. The minimum Gasteiger partial charge on any atom is -0.355 e. The lowest BCUT2D eigenvalue weighted by molar-refractivity contribution is 0.102. The average Bonchev–Trinajstić information content (AvgIpc) is 2.59. The number of aromatic nitrogens is 1. The zero-order valence-electron chi connectivity index (χ0n) is 12.5. The van der Waals surface area contributed by atoms with Crippen LogP contribution in [-0.4, -0.2) is 10.9 Å². The van der Waals surface area contributed by atoms with Gasteiger partial charge < -0.3 is 10.6 Å². The minimum absolute atomic E-state index is 0.238. The zero-order chi connectivity index (χ0) is 16.9. The van der Waals surface area contributed by atoms with Gasteiger partial charge in [0.25, 0.3) is 5.91 Å². The monoisotopic (exact) mass is 341 g/mol. The molecule has 0 saturated carbocycles. The number of benzene rings is 2. The lowest BCUT2D eigenvalue weighted by Crippen LogP contribution is -2.14. The van der Waals surface area contributed by atoms with Gasteiger partial charge in [-0.05, 0) is 48.5 Å². The van der Waals surface area contributed by atoms with Crippen molar-refractivity contribution in [2.75, 3.05) is 10.6 Å². The van der Waals surface area contributed by atoms with Crippen molar-refractivity contribution in [1.82, 2.24) is 4.98 Å². The fourth-order valence-electron chi connectivity index (χ4n) is 2.08. The molecule has 24 heavy (non-hydrogen) atoms. The summed E-state index contributed by atoms with van der Waals surface area (Å²) in [6.07, 6.45) is 1.52. The molecule has 2 N–H and O–H groups in total. The summed E-state index contributed by atoms with van der Waals surface area (Å²) in [6.45, 7) is 0. The molecule has 0 bridgehead atoms. The van der Waals surface area contributed by atoms with Crippen molar-refractivity contribution in [3.05, 3.63) is 83.4 Å². The average molecular weight is 342 g/mol. The first-order valence-electron chi connectivity index (χ1n) is 7.16. The Morgan fingerprint density at radius 2 is 1.75 bits per heavy atom. The SMILES string of the molecule is O=C(Nc1ccccc1Cl)c1cc(Nc2ccc(F)cc2)ccn1. The fraction of sp³-hybridized carbons (Fsp3) is 0. The third-order valence-electron chi connectivity index (χ3n) is 3.25. The molecule has 0 radical (unpaired) electrons. The molecule has 0 saturated heterocycles. The Kier molecular flexibility index (Phi) is 4.72. The summed E-state index contributed by atoms with van der Waals surface area (Å²) in [7, 11) is 0. The molecule has 6 heteroatoms. The number of hydrogen-bond donors (Lipinski definition) is 2. The molecule has 1 heterocycles. The summed E-state index contributed by atoms with van der Waals surface area (Å²) in [5.74, 6) is -0.680. The third-order valence-corrected chi connectivity index (χ3v) is 3.58. The predicted molar refractivity (Wildman–Crippen MR) is 93.3 cm³/mol. The van der Waals surface area contributed by atoms with Crippen molar-refractivity contribution < 1.29 is 9.18 Å². The number of nitrogens with zero attached hydrogens (tertiary/aromatic N) is 1. The number of anilines is 3. The van der Waals surface area contributed by atoms with Gasteiger partial charge in [0.05, 0.1) is 10.7 Å². The van der Waals surface area contributed by atoms with Crippen molar-refractivity contribution in [3.63, 3.8) is 0 Å². The molecule has 0 unspecified atom stereocenters. The lowest BCUT2D eigenvalue weighted by atomic mass is 10.2. The first-order chi connectivity index (χ1) is 11.6. The van der Waals surface area contributed by atoms with E-state index in [-0.39, 0.29) is 17.4 Å². The van der Waals surface area contributed by atoms with Gasteiger partial charge in [0.2, 0.25) is 0 Å². The Hall–Kier alpha value is -2.92. The van der Waals surface area contributed by atoms with Gasteiger partial charge in [0.15, 0.2) is 0 Å². The molecule has 120 valence electrons. The molecule has 0 spiro atoms. The van der Waals surface area contributed by atoms with E-state index in [0.29, 0.717) is 22.1 Å². The summed E-state index contributed by atoms with van der Waals surface area (Å²) in [5.41, 5.74) is 2.13. The van der Waals surface area contributed by atoms with Crippen LogP contribution in [0.5, 0.6) is 0 Å². The highest BCUT2D eigenvalue weighted by Gasteiger charge is 2.10. The number of carbonyl (C=O) groups excluding carboxylic acids is 1. The van der Waals surface area contributed by atoms with E-state index in [1.165, 1.54) is 18.3 Å². The van der Waals surface area contributed by atoms with Crippen LogP contribution in [0.25, 0.3) is 0 Å². The Balaban J connectivity index is 1.76. The van der Waals surface area contributed by atoms with E-state index in [0.717, 1.165) is 0 Å². The van der Waals surface area contributed by atoms with Crippen LogP contribution in [0.1, 0.15) is 10.5 Å². The van der Waals surface area contributed by atoms with E-state index < -0.39 is 0 Å². The van der Waals surface area contributed by atoms with Crippen molar-refractivity contribution in [3.8, 4) is 0 Å². The maximum absolute atomic E-state index is 12.9. The second kappa shape index (κ2) is 7.10. The maximum atomic E-state index is 12.9. The largest absolute Gasteiger partial charge is 0.355 e. The highest BCUT2D eigenvalue weighted by atomic mass is 35.5. The minimum atomic E-state index is -0.370. The standard InChI is InChI=1S/C18H13ClFN3O/c19-15-3-1-2-4-16(15)23-18(24)17-11-14(9-10-21-17)22-13-7-5-12(20)6-8-13/h1-11H,(H,21,22)(H,23,24). The second-order valence-corrected chi connectivity index (χ2v) is 5.40. The van der Waals surface area contributed by atoms with E-state index in [9.17, 15) is 9.18 Å². The van der Waals surface area contributed by atoms with E-state index >= 15 is 0 Å². The van der Waals surface area contributed by atoms with Gasteiger partial charge in [-0.25, -0.2) is 4.39 Å². The molecule has 3 aromatic rings. The maximum Gasteiger partial charge on any atom is 0.274 e. The van der Waals surface area contributed by atoms with Crippen molar-refractivity contribution in [2.45, 2.75) is 0 Å². The van der Waals surface area contributed by atoms with Gasteiger partial charge in [-0.1, -0.05) is 23.7 Å². The number of para-hydroxylation sites is 1. The molecule has 0 atom stereocenters. The van der Waals surface area contributed by atoms with Crippen LogP contribution in [0.3, 0.4) is 0 Å². The Morgan fingerprint density at radius 3 is 2.50 bits per heavy atom. The number of halogens is 2. The van der Waals surface area contributed by atoms with Crippen LogP contribution < -0.4 is 10.6 Å². The molecule has 1 amide bonds. The first kappa shape index (κ1) is 16.0. The summed E-state index contributed by atoms with van der Waals surface area (Å²) >= 11 is 6.03. The molecule has 1 aromatic heterocycles. The molecular formula is C18H13ClFN3O. The van der Waals surface area contributed by atoms with Crippen LogP contribution >= 0.6 is 11.6 Å². The van der Waals surface area contributed by atoms with Crippen LogP contribution in [0.4, 0.5) is 21.5 Å². The quantitative estimate of drug-likeness (QED) is 0.711. The van der Waals surface area contributed by atoms with Crippen molar-refractivity contribution in [1.29, 1.82) is 0 Å². The molecule has 2 aromatic carbocycles. The highest BCUT2D eigenvalue weighted by Crippen LogP contribution is 2.22. The predicted octanol–water partition coefficient (Wildman–Crippen LogP) is 4.87. The number of amides is 1. The summed E-state index contributed by atoms with van der Waals surface area (Å²) in [6, 6.07) is 16.2. The van der Waals surface area contributed by atoms with Crippen LogP contribution in [0, 0.1) is 5.82 Å². The summed E-state index contributed by atoms with van der Waals surface area (Å²) < 4.78 is 12.9. The van der Waals surface area contributed by atoms with Gasteiger partial charge in [-0.3, -0.25) is 9.78 Å². The molecule has 3 rings (SSSR count). The molecule has 0 fully saturated rings. The molecule has 0 aliphatic heterocycles. The normalized spacial score (nSPS) is 10.2. The Morgan fingerprint density at radius 1 is 1.00 bits per heavy atom. The molecular weight excluding hydrogens is 329 g/mol. The topological polar surface area (TPSA) is 54.0 Å². The van der Waals surface area contributed by atoms with E-state index in [4.69, 9.17) is 11.6 Å². The fourth-order valence-corrected chi connectivity index (χ4v) is 2.26. The Bertz CT molecular complexity index is 868. The molecule has 0 aliphatic rings. The van der Waals surface area contributed by atoms with Gasteiger partial charge >= 0.3 is 0 Å². The molecule has 4 nitrogen and oxygen atoms in total.